The Morgan fingerprint density at radius 3 is 2.76 bits per heavy atom. The van der Waals surface area contributed by atoms with Crippen LogP contribution in [0.2, 0.25) is 0 Å². The van der Waals surface area contributed by atoms with Gasteiger partial charge in [-0.1, -0.05) is 24.6 Å². The summed E-state index contributed by atoms with van der Waals surface area (Å²) in [6.45, 7) is 2.61. The summed E-state index contributed by atoms with van der Waals surface area (Å²) in [6, 6.07) is 9.96. The zero-order valence-electron chi connectivity index (χ0n) is 12.8. The van der Waals surface area contributed by atoms with Crippen LogP contribution in [0.3, 0.4) is 0 Å². The zero-order chi connectivity index (χ0) is 14.7. The molecule has 1 N–H and O–H groups in total. The molecule has 0 unspecified atom stereocenters. The lowest BCUT2D eigenvalue weighted by Gasteiger charge is -2.28. The van der Waals surface area contributed by atoms with Gasteiger partial charge in [0.2, 0.25) is 5.91 Å². The fourth-order valence-corrected chi connectivity index (χ4v) is 4.12. The van der Waals surface area contributed by atoms with Crippen LogP contribution in [0.4, 0.5) is 0 Å². The molecule has 0 radical (unpaired) electrons. The number of fused-ring (bicyclic) bond motifs is 2. The average Bonchev–Trinajstić information content (AvgIpc) is 3.11. The number of ether oxygens (including phenoxy) is 1. The van der Waals surface area contributed by atoms with Crippen LogP contribution in [0.1, 0.15) is 39.0 Å². The Morgan fingerprint density at radius 1 is 1.29 bits per heavy atom. The lowest BCUT2D eigenvalue weighted by molar-refractivity contribution is -0.122. The second-order valence-electron chi connectivity index (χ2n) is 6.61. The number of hydrogen-bond donors (Lipinski definition) is 1. The standard InChI is InChI=1S/C18H25NO2/c1-13(17-12-14-7-8-15(17)11-14)19-18(20)9-10-21-16-5-3-2-4-6-16/h2-6,13-15,17H,7-12H2,1H3,(H,19,20)/t13-,14-,15-,17+/m0/s1. The van der Waals surface area contributed by atoms with E-state index in [0.29, 0.717) is 25.0 Å². The van der Waals surface area contributed by atoms with E-state index in [9.17, 15) is 4.79 Å². The molecule has 21 heavy (non-hydrogen) atoms. The molecule has 4 atom stereocenters. The largest absolute Gasteiger partial charge is 0.493 e. The molecule has 0 saturated heterocycles. The molecular formula is C18H25NO2. The van der Waals surface area contributed by atoms with Crippen molar-refractivity contribution in [1.29, 1.82) is 0 Å². The molecule has 2 saturated carbocycles. The van der Waals surface area contributed by atoms with Crippen molar-refractivity contribution in [3.8, 4) is 5.75 Å². The Bertz CT molecular complexity index is 473. The summed E-state index contributed by atoms with van der Waals surface area (Å²) in [7, 11) is 0. The Hall–Kier alpha value is -1.51. The van der Waals surface area contributed by atoms with Crippen LogP contribution in [-0.2, 0) is 4.79 Å². The topological polar surface area (TPSA) is 38.3 Å². The van der Waals surface area contributed by atoms with E-state index in [1.54, 1.807) is 0 Å². The molecule has 2 aliphatic rings. The van der Waals surface area contributed by atoms with Crippen molar-refractivity contribution < 1.29 is 9.53 Å². The Labute approximate surface area is 127 Å². The second kappa shape index (κ2) is 6.50. The number of amides is 1. The van der Waals surface area contributed by atoms with Gasteiger partial charge in [0.05, 0.1) is 13.0 Å². The molecule has 0 spiro atoms. The number of para-hydroxylation sites is 1. The molecule has 3 rings (SSSR count). The molecule has 0 aromatic heterocycles. The molecule has 0 aliphatic heterocycles. The van der Waals surface area contributed by atoms with Crippen molar-refractivity contribution in [1.82, 2.24) is 5.32 Å². The molecule has 0 heterocycles. The summed E-state index contributed by atoms with van der Waals surface area (Å²) in [5.41, 5.74) is 0. The molecule has 2 bridgehead atoms. The van der Waals surface area contributed by atoms with Gasteiger partial charge in [-0.3, -0.25) is 4.79 Å². The van der Waals surface area contributed by atoms with Crippen LogP contribution in [0, 0.1) is 17.8 Å². The first kappa shape index (κ1) is 14.4. The van der Waals surface area contributed by atoms with Crippen LogP contribution >= 0.6 is 0 Å². The quantitative estimate of drug-likeness (QED) is 0.871. The predicted octanol–water partition coefficient (Wildman–Crippen LogP) is 3.40. The number of carbonyl (C=O) groups is 1. The van der Waals surface area contributed by atoms with E-state index in [1.165, 1.54) is 25.7 Å². The summed E-state index contributed by atoms with van der Waals surface area (Å²) in [6.07, 6.45) is 5.91. The summed E-state index contributed by atoms with van der Waals surface area (Å²) < 4.78 is 5.57. The SMILES string of the molecule is C[C@H](NC(=O)CCOc1ccccc1)[C@H]1C[C@H]2CC[C@H]1C2. The van der Waals surface area contributed by atoms with E-state index in [-0.39, 0.29) is 5.91 Å². The van der Waals surface area contributed by atoms with Crippen LogP contribution in [0.5, 0.6) is 5.75 Å². The van der Waals surface area contributed by atoms with Gasteiger partial charge in [-0.15, -0.1) is 0 Å². The molecule has 2 fully saturated rings. The Kier molecular flexibility index (Phi) is 4.47. The van der Waals surface area contributed by atoms with Crippen molar-refractivity contribution in [3.63, 3.8) is 0 Å². The maximum absolute atomic E-state index is 12.0. The summed E-state index contributed by atoms with van der Waals surface area (Å²) in [5.74, 6) is 3.42. The van der Waals surface area contributed by atoms with Gasteiger partial charge >= 0.3 is 0 Å². The monoisotopic (exact) mass is 287 g/mol. The first-order valence-corrected chi connectivity index (χ1v) is 8.19. The van der Waals surface area contributed by atoms with Gasteiger partial charge in [-0.25, -0.2) is 0 Å². The highest BCUT2D eigenvalue weighted by molar-refractivity contribution is 5.76. The molecular weight excluding hydrogens is 262 g/mol. The van der Waals surface area contributed by atoms with Gasteiger partial charge in [0.25, 0.3) is 0 Å². The fourth-order valence-electron chi connectivity index (χ4n) is 4.12. The number of hydrogen-bond acceptors (Lipinski definition) is 2. The third-order valence-corrected chi connectivity index (χ3v) is 5.16. The van der Waals surface area contributed by atoms with E-state index in [0.717, 1.165) is 17.6 Å². The van der Waals surface area contributed by atoms with Crippen LogP contribution in [-0.4, -0.2) is 18.6 Å². The lowest BCUT2D eigenvalue weighted by atomic mass is 9.84. The van der Waals surface area contributed by atoms with Gasteiger partial charge < -0.3 is 10.1 Å². The third-order valence-electron chi connectivity index (χ3n) is 5.16. The fraction of sp³-hybridized carbons (Fsp3) is 0.611. The van der Waals surface area contributed by atoms with Gasteiger partial charge in [0, 0.05) is 6.04 Å². The van der Waals surface area contributed by atoms with Crippen molar-refractivity contribution >= 4 is 5.91 Å². The van der Waals surface area contributed by atoms with E-state index >= 15 is 0 Å². The summed E-state index contributed by atoms with van der Waals surface area (Å²) in [5, 5.41) is 3.17. The van der Waals surface area contributed by atoms with Gasteiger partial charge in [0.15, 0.2) is 0 Å². The number of rotatable bonds is 6. The highest BCUT2D eigenvalue weighted by Crippen LogP contribution is 2.49. The minimum atomic E-state index is 0.112. The maximum Gasteiger partial charge on any atom is 0.223 e. The summed E-state index contributed by atoms with van der Waals surface area (Å²) >= 11 is 0. The minimum absolute atomic E-state index is 0.112. The third kappa shape index (κ3) is 3.58. The molecule has 1 aromatic rings. The lowest BCUT2D eigenvalue weighted by Crippen LogP contribution is -2.40. The predicted molar refractivity (Wildman–Crippen MR) is 83.1 cm³/mol. The normalized spacial score (nSPS) is 28.3. The molecule has 3 heteroatoms. The van der Waals surface area contributed by atoms with Crippen molar-refractivity contribution in [3.05, 3.63) is 30.3 Å². The highest BCUT2D eigenvalue weighted by atomic mass is 16.5. The van der Waals surface area contributed by atoms with Crippen molar-refractivity contribution in [2.75, 3.05) is 6.61 Å². The second-order valence-corrected chi connectivity index (χ2v) is 6.61. The van der Waals surface area contributed by atoms with E-state index in [4.69, 9.17) is 4.74 Å². The van der Waals surface area contributed by atoms with Crippen molar-refractivity contribution in [2.45, 2.75) is 45.1 Å². The Balaban J connectivity index is 1.38. The highest BCUT2D eigenvalue weighted by Gasteiger charge is 2.41. The van der Waals surface area contributed by atoms with Gasteiger partial charge in [-0.05, 0) is 56.1 Å². The average molecular weight is 287 g/mol. The maximum atomic E-state index is 12.0. The molecule has 1 amide bonds. The number of benzene rings is 1. The smallest absolute Gasteiger partial charge is 0.223 e. The Morgan fingerprint density at radius 2 is 2.10 bits per heavy atom. The first-order chi connectivity index (χ1) is 10.2. The van der Waals surface area contributed by atoms with E-state index in [2.05, 4.69) is 12.2 Å². The molecule has 114 valence electrons. The van der Waals surface area contributed by atoms with E-state index < -0.39 is 0 Å². The number of nitrogens with one attached hydrogen (secondary N) is 1. The number of carbonyl (C=O) groups excluding carboxylic acids is 1. The first-order valence-electron chi connectivity index (χ1n) is 8.19. The van der Waals surface area contributed by atoms with Crippen LogP contribution in [0.15, 0.2) is 30.3 Å². The van der Waals surface area contributed by atoms with E-state index in [1.807, 2.05) is 30.3 Å². The van der Waals surface area contributed by atoms with Crippen LogP contribution < -0.4 is 10.1 Å². The van der Waals surface area contributed by atoms with Gasteiger partial charge in [0.1, 0.15) is 5.75 Å². The molecule has 1 aromatic carbocycles. The molecule has 3 nitrogen and oxygen atoms in total. The van der Waals surface area contributed by atoms with Gasteiger partial charge in [-0.2, -0.15) is 0 Å². The minimum Gasteiger partial charge on any atom is -0.493 e. The summed E-state index contributed by atoms with van der Waals surface area (Å²) in [4.78, 5) is 12.0. The van der Waals surface area contributed by atoms with Crippen molar-refractivity contribution in [2.24, 2.45) is 17.8 Å². The zero-order valence-corrected chi connectivity index (χ0v) is 12.8. The van der Waals surface area contributed by atoms with Crippen LogP contribution in [0.25, 0.3) is 0 Å². The molecule has 2 aliphatic carbocycles.